The number of nitrogens with zero attached hydrogens (tertiary/aromatic N) is 1. The predicted molar refractivity (Wildman–Crippen MR) is 91.4 cm³/mol. The largest absolute Gasteiger partial charge is 0.495 e. The van der Waals surface area contributed by atoms with E-state index in [9.17, 15) is 0 Å². The van der Waals surface area contributed by atoms with Crippen molar-refractivity contribution in [1.29, 1.82) is 0 Å². The molecule has 0 radical (unpaired) electrons. The molecule has 1 aromatic rings. The fourth-order valence-corrected chi connectivity index (χ4v) is 3.25. The molecular formula is C17H29ClN2O. The third-order valence-corrected chi connectivity index (χ3v) is 4.51. The van der Waals surface area contributed by atoms with Gasteiger partial charge in [-0.15, -0.1) is 0 Å². The number of benzene rings is 1. The number of halogens is 1. The Labute approximate surface area is 134 Å². The lowest BCUT2D eigenvalue weighted by Gasteiger charge is -2.44. The van der Waals surface area contributed by atoms with Crippen LogP contribution >= 0.6 is 11.6 Å². The van der Waals surface area contributed by atoms with Crippen molar-refractivity contribution in [2.75, 3.05) is 26.7 Å². The van der Waals surface area contributed by atoms with E-state index in [4.69, 9.17) is 16.3 Å². The first-order valence-corrected chi connectivity index (χ1v) is 8.11. The van der Waals surface area contributed by atoms with E-state index in [0.717, 1.165) is 25.4 Å². The maximum absolute atomic E-state index is 6.15. The van der Waals surface area contributed by atoms with Gasteiger partial charge in [-0.3, -0.25) is 4.90 Å². The molecule has 1 aromatic carbocycles. The molecule has 1 unspecified atom stereocenters. The first kappa shape index (κ1) is 18.3. The molecule has 0 amide bonds. The third-order valence-electron chi connectivity index (χ3n) is 4.20. The maximum Gasteiger partial charge on any atom is 0.137 e. The molecule has 0 fully saturated rings. The second-order valence-electron chi connectivity index (χ2n) is 5.71. The average molecular weight is 313 g/mol. The summed E-state index contributed by atoms with van der Waals surface area (Å²) in [7, 11) is 1.66. The van der Waals surface area contributed by atoms with Crippen molar-refractivity contribution in [3.05, 3.63) is 28.8 Å². The first-order chi connectivity index (χ1) is 9.92. The summed E-state index contributed by atoms with van der Waals surface area (Å²) in [6, 6.07) is 6.26. The van der Waals surface area contributed by atoms with Crippen LogP contribution in [0.1, 0.15) is 46.2 Å². The van der Waals surface area contributed by atoms with Gasteiger partial charge in [-0.25, -0.2) is 0 Å². The number of hydrogen-bond acceptors (Lipinski definition) is 3. The Morgan fingerprint density at radius 2 is 1.86 bits per heavy atom. The van der Waals surface area contributed by atoms with Crippen LogP contribution in [0.3, 0.4) is 0 Å². The molecule has 1 rings (SSSR count). The Bertz CT molecular complexity index is 444. The van der Waals surface area contributed by atoms with Crippen molar-refractivity contribution in [1.82, 2.24) is 10.2 Å². The topological polar surface area (TPSA) is 24.5 Å². The minimum atomic E-state index is -0.00164. The second kappa shape index (κ2) is 8.02. The fraction of sp³-hybridized carbons (Fsp3) is 0.647. The van der Waals surface area contributed by atoms with Gasteiger partial charge >= 0.3 is 0 Å². The number of hydrogen-bond donors (Lipinski definition) is 1. The molecule has 0 spiro atoms. The first-order valence-electron chi connectivity index (χ1n) is 7.74. The van der Waals surface area contributed by atoms with Gasteiger partial charge in [0.15, 0.2) is 0 Å². The normalized spacial score (nSPS) is 13.5. The summed E-state index contributed by atoms with van der Waals surface area (Å²) >= 11 is 6.15. The van der Waals surface area contributed by atoms with Gasteiger partial charge < -0.3 is 10.1 Å². The molecule has 4 heteroatoms. The highest BCUT2D eigenvalue weighted by molar-refractivity contribution is 6.32. The lowest BCUT2D eigenvalue weighted by molar-refractivity contribution is 0.0918. The molecule has 120 valence electrons. The molecule has 3 nitrogen and oxygen atoms in total. The molecule has 1 N–H and O–H groups in total. The smallest absolute Gasteiger partial charge is 0.137 e. The zero-order valence-electron chi connectivity index (χ0n) is 14.2. The third kappa shape index (κ3) is 4.12. The van der Waals surface area contributed by atoms with Crippen LogP contribution in [0.2, 0.25) is 5.02 Å². The second-order valence-corrected chi connectivity index (χ2v) is 6.12. The molecule has 0 saturated carbocycles. The molecule has 0 aliphatic heterocycles. The highest BCUT2D eigenvalue weighted by Crippen LogP contribution is 2.35. The average Bonchev–Trinajstić information content (AvgIpc) is 2.46. The zero-order chi connectivity index (χ0) is 16.0. The van der Waals surface area contributed by atoms with Crippen LogP contribution in [0.25, 0.3) is 0 Å². The minimum absolute atomic E-state index is 0.00164. The van der Waals surface area contributed by atoms with Crippen LogP contribution in [0, 0.1) is 0 Å². The molecule has 0 aromatic heterocycles. The summed E-state index contributed by atoms with van der Waals surface area (Å²) in [5.41, 5.74) is 1.20. The van der Waals surface area contributed by atoms with Crippen molar-refractivity contribution >= 4 is 11.6 Å². The van der Waals surface area contributed by atoms with Gasteiger partial charge in [0.25, 0.3) is 0 Å². The van der Waals surface area contributed by atoms with Crippen LogP contribution in [0.15, 0.2) is 18.2 Å². The van der Waals surface area contributed by atoms with E-state index in [1.54, 1.807) is 7.11 Å². The lowest BCUT2D eigenvalue weighted by Crippen LogP contribution is -2.52. The van der Waals surface area contributed by atoms with E-state index in [0.29, 0.717) is 5.02 Å². The molecule has 0 heterocycles. The van der Waals surface area contributed by atoms with Crippen LogP contribution in [0.5, 0.6) is 5.75 Å². The summed E-state index contributed by atoms with van der Waals surface area (Å²) in [5, 5.41) is 4.27. The number of ether oxygens (including phenoxy) is 1. The van der Waals surface area contributed by atoms with Crippen molar-refractivity contribution in [2.24, 2.45) is 0 Å². The Kier molecular flexibility index (Phi) is 6.98. The Morgan fingerprint density at radius 3 is 2.33 bits per heavy atom. The Hall–Kier alpha value is -0.770. The van der Waals surface area contributed by atoms with Gasteiger partial charge in [-0.2, -0.15) is 0 Å². The van der Waals surface area contributed by atoms with Crippen LogP contribution in [-0.2, 0) is 0 Å². The van der Waals surface area contributed by atoms with E-state index in [1.807, 2.05) is 12.1 Å². The van der Waals surface area contributed by atoms with E-state index in [-0.39, 0.29) is 11.6 Å². The van der Waals surface area contributed by atoms with Crippen molar-refractivity contribution in [3.63, 3.8) is 0 Å². The van der Waals surface area contributed by atoms with Crippen LogP contribution < -0.4 is 10.1 Å². The van der Waals surface area contributed by atoms with Gasteiger partial charge in [0.05, 0.1) is 18.2 Å². The summed E-state index contributed by atoms with van der Waals surface area (Å²) in [6.45, 7) is 14.1. The van der Waals surface area contributed by atoms with Crippen molar-refractivity contribution in [3.8, 4) is 5.75 Å². The molecule has 0 bridgehead atoms. The van der Waals surface area contributed by atoms with Gasteiger partial charge in [0, 0.05) is 5.54 Å². The molecule has 1 atom stereocenters. The maximum atomic E-state index is 6.15. The van der Waals surface area contributed by atoms with E-state index in [2.05, 4.69) is 50.9 Å². The van der Waals surface area contributed by atoms with Crippen molar-refractivity contribution < 1.29 is 4.74 Å². The number of likely N-dealkylation sites (N-methyl/N-ethyl adjacent to an activating group) is 2. The van der Waals surface area contributed by atoms with E-state index in [1.165, 1.54) is 5.56 Å². The highest BCUT2D eigenvalue weighted by atomic mass is 35.5. The van der Waals surface area contributed by atoms with Crippen LogP contribution in [-0.4, -0.2) is 37.2 Å². The molecule has 0 aliphatic rings. The monoisotopic (exact) mass is 312 g/mol. The van der Waals surface area contributed by atoms with Gasteiger partial charge in [0.2, 0.25) is 0 Å². The van der Waals surface area contributed by atoms with Crippen LogP contribution in [0.4, 0.5) is 0 Å². The fourth-order valence-electron chi connectivity index (χ4n) is 3.06. The summed E-state index contributed by atoms with van der Waals surface area (Å²) < 4.78 is 5.37. The summed E-state index contributed by atoms with van der Waals surface area (Å²) in [6.07, 6.45) is 0. The quantitative estimate of drug-likeness (QED) is 0.781. The Morgan fingerprint density at radius 1 is 1.24 bits per heavy atom. The summed E-state index contributed by atoms with van der Waals surface area (Å²) in [4.78, 5) is 2.47. The van der Waals surface area contributed by atoms with Gasteiger partial charge in [0.1, 0.15) is 5.75 Å². The Balaban J connectivity index is 3.22. The number of rotatable bonds is 8. The minimum Gasteiger partial charge on any atom is -0.495 e. The van der Waals surface area contributed by atoms with Crippen molar-refractivity contribution in [2.45, 2.75) is 46.2 Å². The summed E-state index contributed by atoms with van der Waals surface area (Å²) in [5.74, 6) is 0.729. The zero-order valence-corrected chi connectivity index (χ0v) is 14.9. The lowest BCUT2D eigenvalue weighted by atomic mass is 9.86. The SMILES string of the molecule is CCNC(c1ccc(Cl)c(OC)c1)C(C)(C)N(CC)CC. The molecule has 0 saturated heterocycles. The van der Waals surface area contributed by atoms with Gasteiger partial charge in [-0.05, 0) is 51.2 Å². The van der Waals surface area contributed by atoms with Gasteiger partial charge in [-0.1, -0.05) is 38.4 Å². The van der Waals surface area contributed by atoms with E-state index >= 15 is 0 Å². The predicted octanol–water partition coefficient (Wildman–Crippen LogP) is 4.12. The molecular weight excluding hydrogens is 284 g/mol. The standard InChI is InChI=1S/C17H29ClN2O/c1-7-19-16(17(4,5)20(8-2)9-3)13-10-11-14(18)15(12-13)21-6/h10-12,16,19H,7-9H2,1-6H3. The number of nitrogens with one attached hydrogen (secondary N) is 1. The molecule has 21 heavy (non-hydrogen) atoms. The van der Waals surface area contributed by atoms with E-state index < -0.39 is 0 Å². The number of methoxy groups -OCH3 is 1. The highest BCUT2D eigenvalue weighted by Gasteiger charge is 2.34. The molecule has 0 aliphatic carbocycles.